The molecule has 0 bridgehead atoms. The first-order valence-corrected chi connectivity index (χ1v) is 5.63. The molecule has 0 unspecified atom stereocenters. The molecule has 1 aromatic rings. The smallest absolute Gasteiger partial charge is 0.305 e. The van der Waals surface area contributed by atoms with E-state index in [0.29, 0.717) is 6.54 Å². The Morgan fingerprint density at radius 1 is 1.24 bits per heavy atom. The lowest BCUT2D eigenvalue weighted by atomic mass is 10.3. The monoisotopic (exact) mass is 253 g/mol. The van der Waals surface area contributed by atoms with Gasteiger partial charge in [0.05, 0.1) is 0 Å². The highest BCUT2D eigenvalue weighted by atomic mass is 35.5. The van der Waals surface area contributed by atoms with E-state index in [1.165, 1.54) is 12.8 Å². The molecule has 0 aliphatic heterocycles. The Morgan fingerprint density at radius 2 is 1.88 bits per heavy atom. The molecule has 1 amide bonds. The summed E-state index contributed by atoms with van der Waals surface area (Å²) in [4.78, 5) is 11.5. The summed E-state index contributed by atoms with van der Waals surface area (Å²) in [5.41, 5.74) is 3.72. The maximum Gasteiger partial charge on any atom is 0.305 e. The first-order valence-electron chi connectivity index (χ1n) is 5.63. The first kappa shape index (κ1) is 13.6. The van der Waals surface area contributed by atoms with Gasteiger partial charge in [0.2, 0.25) is 6.54 Å². The van der Waals surface area contributed by atoms with Crippen LogP contribution in [0.2, 0.25) is 0 Å². The van der Waals surface area contributed by atoms with E-state index in [0.717, 1.165) is 18.6 Å². The molecule has 0 aromatic carbocycles. The van der Waals surface area contributed by atoms with Crippen LogP contribution in [0.15, 0.2) is 35.7 Å². The molecule has 1 saturated carbocycles. The van der Waals surface area contributed by atoms with Crippen molar-refractivity contribution < 1.29 is 21.8 Å². The fourth-order valence-corrected chi connectivity index (χ4v) is 1.78. The molecule has 0 radical (unpaired) electrons. The third-order valence-electron chi connectivity index (χ3n) is 2.62. The van der Waals surface area contributed by atoms with Crippen molar-refractivity contribution in [3.63, 3.8) is 0 Å². The first-order chi connectivity index (χ1) is 7.84. The fourth-order valence-electron chi connectivity index (χ4n) is 1.78. The Bertz CT molecular complexity index is 384. The van der Waals surface area contributed by atoms with E-state index in [2.05, 4.69) is 10.5 Å². The van der Waals surface area contributed by atoms with Crippen LogP contribution in [0.5, 0.6) is 0 Å². The summed E-state index contributed by atoms with van der Waals surface area (Å²) in [5.74, 6) is -0.0735. The highest BCUT2D eigenvalue weighted by molar-refractivity contribution is 5.87. The zero-order valence-electron chi connectivity index (χ0n) is 9.60. The molecule has 1 N–H and O–H groups in total. The van der Waals surface area contributed by atoms with Crippen molar-refractivity contribution in [1.29, 1.82) is 0 Å². The molecule has 1 aromatic heterocycles. The summed E-state index contributed by atoms with van der Waals surface area (Å²) in [6.45, 7) is 0.317. The van der Waals surface area contributed by atoms with Gasteiger partial charge < -0.3 is 12.4 Å². The second-order valence-corrected chi connectivity index (χ2v) is 3.97. The second-order valence-electron chi connectivity index (χ2n) is 3.97. The van der Waals surface area contributed by atoms with Gasteiger partial charge in [-0.3, -0.25) is 4.79 Å². The molecule has 4 nitrogen and oxygen atoms in total. The van der Waals surface area contributed by atoms with Crippen LogP contribution in [0.1, 0.15) is 25.7 Å². The lowest BCUT2D eigenvalue weighted by Crippen LogP contribution is -3.00. The van der Waals surface area contributed by atoms with Crippen molar-refractivity contribution >= 4 is 11.6 Å². The largest absolute Gasteiger partial charge is 1.00 e. The molecular formula is C12H16ClN3O. The Labute approximate surface area is 107 Å². The number of aromatic nitrogens is 1. The van der Waals surface area contributed by atoms with Crippen molar-refractivity contribution in [2.45, 2.75) is 32.2 Å². The van der Waals surface area contributed by atoms with E-state index in [1.54, 1.807) is 0 Å². The van der Waals surface area contributed by atoms with Crippen molar-refractivity contribution in [2.24, 2.45) is 5.10 Å². The van der Waals surface area contributed by atoms with E-state index in [9.17, 15) is 4.79 Å². The zero-order valence-corrected chi connectivity index (χ0v) is 10.4. The summed E-state index contributed by atoms with van der Waals surface area (Å²) in [7, 11) is 0. The minimum absolute atomic E-state index is 0. The van der Waals surface area contributed by atoms with E-state index < -0.39 is 0 Å². The highest BCUT2D eigenvalue weighted by Gasteiger charge is 2.10. The molecule has 17 heavy (non-hydrogen) atoms. The molecule has 0 atom stereocenters. The van der Waals surface area contributed by atoms with Gasteiger partial charge in [-0.05, 0) is 25.7 Å². The van der Waals surface area contributed by atoms with Crippen molar-refractivity contribution in [2.75, 3.05) is 0 Å². The third-order valence-corrected chi connectivity index (χ3v) is 2.62. The number of hydrogen-bond acceptors (Lipinski definition) is 2. The minimum atomic E-state index is -0.0735. The molecule has 1 fully saturated rings. The van der Waals surface area contributed by atoms with E-state index in [-0.39, 0.29) is 18.3 Å². The maximum absolute atomic E-state index is 11.5. The second kappa shape index (κ2) is 7.01. The molecule has 1 aliphatic carbocycles. The van der Waals surface area contributed by atoms with Crippen LogP contribution in [-0.4, -0.2) is 11.6 Å². The molecule has 5 heteroatoms. The molecule has 1 aliphatic rings. The lowest BCUT2D eigenvalue weighted by molar-refractivity contribution is -0.684. The number of amides is 1. The Morgan fingerprint density at radius 3 is 2.53 bits per heavy atom. The number of halogens is 1. The van der Waals surface area contributed by atoms with Gasteiger partial charge in [0.15, 0.2) is 12.4 Å². The average Bonchev–Trinajstić information content (AvgIpc) is 2.81. The number of carbonyl (C=O) groups excluding carboxylic acids is 1. The average molecular weight is 254 g/mol. The van der Waals surface area contributed by atoms with Gasteiger partial charge in [0.25, 0.3) is 0 Å². The summed E-state index contributed by atoms with van der Waals surface area (Å²) in [5, 5.41) is 4.12. The predicted molar refractivity (Wildman–Crippen MR) is 60.7 cm³/mol. The van der Waals surface area contributed by atoms with Crippen molar-refractivity contribution in [3.05, 3.63) is 30.6 Å². The summed E-state index contributed by atoms with van der Waals surface area (Å²) in [6, 6.07) is 5.72. The van der Waals surface area contributed by atoms with Crippen LogP contribution >= 0.6 is 0 Å². The van der Waals surface area contributed by atoms with Gasteiger partial charge in [0.1, 0.15) is 0 Å². The van der Waals surface area contributed by atoms with Crippen LogP contribution in [0.4, 0.5) is 0 Å². The van der Waals surface area contributed by atoms with Crippen molar-refractivity contribution in [3.8, 4) is 0 Å². The number of carbonyl (C=O) groups is 1. The molecule has 1 heterocycles. The third kappa shape index (κ3) is 4.53. The number of nitrogens with one attached hydrogen (secondary N) is 1. The van der Waals surface area contributed by atoms with Gasteiger partial charge in [-0.1, -0.05) is 6.07 Å². The molecule has 0 spiro atoms. The normalized spacial score (nSPS) is 14.0. The van der Waals surface area contributed by atoms with Gasteiger partial charge in [0, 0.05) is 17.8 Å². The highest BCUT2D eigenvalue weighted by Crippen LogP contribution is 2.13. The number of pyridine rings is 1. The Balaban J connectivity index is 0.00000144. The molecule has 92 valence electrons. The van der Waals surface area contributed by atoms with Crippen LogP contribution in [0, 0.1) is 0 Å². The maximum atomic E-state index is 11.5. The van der Waals surface area contributed by atoms with E-state index >= 15 is 0 Å². The van der Waals surface area contributed by atoms with Gasteiger partial charge >= 0.3 is 5.91 Å². The molecule has 2 rings (SSSR count). The van der Waals surface area contributed by atoms with Crippen LogP contribution in [0.25, 0.3) is 0 Å². The van der Waals surface area contributed by atoms with Gasteiger partial charge in [-0.2, -0.15) is 9.67 Å². The zero-order chi connectivity index (χ0) is 11.2. The number of hydrogen-bond donors (Lipinski definition) is 1. The minimum Gasteiger partial charge on any atom is -1.00 e. The number of rotatable bonds is 3. The van der Waals surface area contributed by atoms with Crippen LogP contribution < -0.4 is 22.4 Å². The number of nitrogens with zero attached hydrogens (tertiary/aromatic N) is 2. The Kier molecular flexibility index (Phi) is 5.63. The fraction of sp³-hybridized carbons (Fsp3) is 0.417. The number of hydrazone groups is 1. The summed E-state index contributed by atoms with van der Waals surface area (Å²) in [6.07, 6.45) is 8.17. The van der Waals surface area contributed by atoms with E-state index in [1.807, 2.05) is 35.2 Å². The Hall–Kier alpha value is -1.42. The van der Waals surface area contributed by atoms with Gasteiger partial charge in [-0.15, -0.1) is 0 Å². The topological polar surface area (TPSA) is 45.3 Å². The SMILES string of the molecule is O=C(C[n+]1ccccc1)NN=C1CCCC1.[Cl-]. The van der Waals surface area contributed by atoms with Crippen LogP contribution in [0.3, 0.4) is 0 Å². The summed E-state index contributed by atoms with van der Waals surface area (Å²) >= 11 is 0. The lowest BCUT2D eigenvalue weighted by Gasteiger charge is -1.98. The molecule has 0 saturated heterocycles. The quantitative estimate of drug-likeness (QED) is 0.493. The molecular weight excluding hydrogens is 238 g/mol. The standard InChI is InChI=1S/C12H15N3O.ClH/c16-12(10-15-8-4-1-5-9-15)14-13-11-6-2-3-7-11;/h1,4-5,8-9H,2-3,6-7,10H2;1H. The predicted octanol–water partition coefficient (Wildman–Crippen LogP) is -1.98. The summed E-state index contributed by atoms with van der Waals surface area (Å²) < 4.78 is 1.82. The van der Waals surface area contributed by atoms with E-state index in [4.69, 9.17) is 0 Å². The van der Waals surface area contributed by atoms with Crippen LogP contribution in [-0.2, 0) is 11.3 Å². The van der Waals surface area contributed by atoms with Crippen molar-refractivity contribution in [1.82, 2.24) is 5.43 Å². The van der Waals surface area contributed by atoms with Gasteiger partial charge in [-0.25, -0.2) is 5.43 Å².